The van der Waals surface area contributed by atoms with E-state index in [1.807, 2.05) is 0 Å². The van der Waals surface area contributed by atoms with Gasteiger partial charge in [0.25, 0.3) is 0 Å². The molecule has 0 aromatic rings. The third kappa shape index (κ3) is 5.46. The number of nitrogens with zero attached hydrogens (tertiary/aromatic N) is 1. The normalized spacial score (nSPS) is 24.6. The molecule has 0 aliphatic carbocycles. The van der Waals surface area contributed by atoms with Crippen LogP contribution >= 0.6 is 0 Å². The van der Waals surface area contributed by atoms with Crippen molar-refractivity contribution in [3.63, 3.8) is 0 Å². The third-order valence-electron chi connectivity index (χ3n) is 3.24. The maximum Gasteiger partial charge on any atom is 0.234 e. The summed E-state index contributed by atoms with van der Waals surface area (Å²) in [6.45, 7) is 6.69. The van der Waals surface area contributed by atoms with Crippen LogP contribution in [0.25, 0.3) is 0 Å². The quantitative estimate of drug-likeness (QED) is 0.545. The van der Waals surface area contributed by atoms with Gasteiger partial charge in [0.05, 0.1) is 6.54 Å². The molecule has 1 aliphatic rings. The zero-order chi connectivity index (χ0) is 13.5. The number of nitrogens with two attached hydrogens (primary N) is 1. The molecule has 4 N–H and O–H groups in total. The first-order chi connectivity index (χ1) is 8.49. The lowest BCUT2D eigenvalue weighted by Crippen LogP contribution is -2.49. The smallest absolute Gasteiger partial charge is 0.234 e. The zero-order valence-corrected chi connectivity index (χ0v) is 11.2. The van der Waals surface area contributed by atoms with Crippen LogP contribution < -0.4 is 16.4 Å². The first kappa shape index (κ1) is 14.9. The SMILES string of the molecule is CC(=O)NCCNC(=O)CN1CCC(N)C(C)C1. The molecule has 2 amide bonds. The van der Waals surface area contributed by atoms with Gasteiger partial charge in [0.15, 0.2) is 0 Å². The van der Waals surface area contributed by atoms with Crippen LogP contribution in [0, 0.1) is 5.92 Å². The molecule has 0 aromatic heterocycles. The lowest BCUT2D eigenvalue weighted by Gasteiger charge is -2.34. The van der Waals surface area contributed by atoms with Crippen molar-refractivity contribution >= 4 is 11.8 Å². The molecule has 1 fully saturated rings. The first-order valence-electron chi connectivity index (χ1n) is 6.48. The molecule has 1 saturated heterocycles. The van der Waals surface area contributed by atoms with Gasteiger partial charge in [-0.2, -0.15) is 0 Å². The Labute approximate surface area is 108 Å². The summed E-state index contributed by atoms with van der Waals surface area (Å²) in [6, 6.07) is 0.254. The highest BCUT2D eigenvalue weighted by atomic mass is 16.2. The van der Waals surface area contributed by atoms with Crippen molar-refractivity contribution in [2.45, 2.75) is 26.3 Å². The van der Waals surface area contributed by atoms with Gasteiger partial charge < -0.3 is 16.4 Å². The Morgan fingerprint density at radius 1 is 1.33 bits per heavy atom. The number of amides is 2. The number of rotatable bonds is 5. The fourth-order valence-electron chi connectivity index (χ4n) is 2.09. The summed E-state index contributed by atoms with van der Waals surface area (Å²) in [4.78, 5) is 24.4. The number of hydrogen-bond donors (Lipinski definition) is 3. The predicted molar refractivity (Wildman–Crippen MR) is 69.9 cm³/mol. The molecule has 0 saturated carbocycles. The molecule has 2 atom stereocenters. The minimum absolute atomic E-state index is 0.00280. The second-order valence-electron chi connectivity index (χ2n) is 5.00. The van der Waals surface area contributed by atoms with E-state index in [0.717, 1.165) is 19.5 Å². The van der Waals surface area contributed by atoms with E-state index in [0.29, 0.717) is 25.6 Å². The van der Waals surface area contributed by atoms with E-state index in [1.165, 1.54) is 6.92 Å². The standard InChI is InChI=1S/C12H24N4O2/c1-9-7-16(6-3-11(9)13)8-12(18)15-5-4-14-10(2)17/h9,11H,3-8,13H2,1-2H3,(H,14,17)(H,15,18). The lowest BCUT2D eigenvalue weighted by molar-refractivity contribution is -0.123. The molecule has 0 bridgehead atoms. The maximum absolute atomic E-state index is 11.6. The molecule has 0 spiro atoms. The highest BCUT2D eigenvalue weighted by Gasteiger charge is 2.23. The second kappa shape index (κ2) is 7.33. The number of carbonyl (C=O) groups excluding carboxylic acids is 2. The van der Waals surface area contributed by atoms with Crippen molar-refractivity contribution in [3.05, 3.63) is 0 Å². The Kier molecular flexibility index (Phi) is 6.07. The summed E-state index contributed by atoms with van der Waals surface area (Å²) in [5.41, 5.74) is 5.93. The number of piperidine rings is 1. The monoisotopic (exact) mass is 256 g/mol. The summed E-state index contributed by atoms with van der Waals surface area (Å²) in [6.07, 6.45) is 0.945. The van der Waals surface area contributed by atoms with E-state index < -0.39 is 0 Å². The molecule has 6 heteroatoms. The minimum atomic E-state index is -0.0805. The van der Waals surface area contributed by atoms with E-state index in [-0.39, 0.29) is 17.9 Å². The molecule has 1 heterocycles. The van der Waals surface area contributed by atoms with Crippen molar-refractivity contribution in [1.82, 2.24) is 15.5 Å². The van der Waals surface area contributed by atoms with E-state index in [2.05, 4.69) is 22.5 Å². The second-order valence-corrected chi connectivity index (χ2v) is 5.00. The van der Waals surface area contributed by atoms with E-state index >= 15 is 0 Å². The number of likely N-dealkylation sites (tertiary alicyclic amines) is 1. The van der Waals surface area contributed by atoms with E-state index in [9.17, 15) is 9.59 Å². The van der Waals surface area contributed by atoms with Gasteiger partial charge in [-0.25, -0.2) is 0 Å². The maximum atomic E-state index is 11.6. The molecule has 0 radical (unpaired) electrons. The molecule has 2 unspecified atom stereocenters. The van der Waals surface area contributed by atoms with Crippen molar-refractivity contribution in [1.29, 1.82) is 0 Å². The number of carbonyl (C=O) groups is 2. The van der Waals surface area contributed by atoms with Crippen LogP contribution in [-0.2, 0) is 9.59 Å². The molecular formula is C12H24N4O2. The predicted octanol–water partition coefficient (Wildman–Crippen LogP) is -1.09. The van der Waals surface area contributed by atoms with Crippen LogP contribution in [0.4, 0.5) is 0 Å². The summed E-state index contributed by atoms with van der Waals surface area (Å²) in [7, 11) is 0. The van der Waals surface area contributed by atoms with Crippen LogP contribution in [0.2, 0.25) is 0 Å². The highest BCUT2D eigenvalue weighted by molar-refractivity contribution is 5.78. The molecular weight excluding hydrogens is 232 g/mol. The lowest BCUT2D eigenvalue weighted by atomic mass is 9.95. The Balaban J connectivity index is 2.14. The van der Waals surface area contributed by atoms with Gasteiger partial charge in [0, 0.05) is 39.1 Å². The van der Waals surface area contributed by atoms with Crippen LogP contribution in [-0.4, -0.2) is 55.5 Å². The van der Waals surface area contributed by atoms with E-state index in [4.69, 9.17) is 5.73 Å². The fraction of sp³-hybridized carbons (Fsp3) is 0.833. The Morgan fingerprint density at radius 3 is 2.61 bits per heavy atom. The van der Waals surface area contributed by atoms with E-state index in [1.54, 1.807) is 0 Å². The van der Waals surface area contributed by atoms with Gasteiger partial charge in [-0.05, 0) is 12.3 Å². The summed E-state index contributed by atoms with van der Waals surface area (Å²) >= 11 is 0. The number of nitrogens with one attached hydrogen (secondary N) is 2. The Morgan fingerprint density at radius 2 is 2.00 bits per heavy atom. The third-order valence-corrected chi connectivity index (χ3v) is 3.24. The van der Waals surface area contributed by atoms with Crippen molar-refractivity contribution in [3.8, 4) is 0 Å². The molecule has 1 aliphatic heterocycles. The number of hydrogen-bond acceptors (Lipinski definition) is 4. The topological polar surface area (TPSA) is 87.5 Å². The van der Waals surface area contributed by atoms with Crippen molar-refractivity contribution in [2.24, 2.45) is 11.7 Å². The zero-order valence-electron chi connectivity index (χ0n) is 11.2. The van der Waals surface area contributed by atoms with Crippen LogP contribution in [0.15, 0.2) is 0 Å². The van der Waals surface area contributed by atoms with Gasteiger partial charge in [-0.15, -0.1) is 0 Å². The molecule has 104 valence electrons. The molecule has 0 aromatic carbocycles. The average molecular weight is 256 g/mol. The molecule has 18 heavy (non-hydrogen) atoms. The summed E-state index contributed by atoms with van der Waals surface area (Å²) in [5, 5.41) is 5.42. The largest absolute Gasteiger partial charge is 0.355 e. The van der Waals surface area contributed by atoms with Crippen LogP contribution in [0.1, 0.15) is 20.3 Å². The molecule has 1 rings (SSSR count). The van der Waals surface area contributed by atoms with Crippen LogP contribution in [0.5, 0.6) is 0 Å². The van der Waals surface area contributed by atoms with Gasteiger partial charge in [0.1, 0.15) is 0 Å². The summed E-state index contributed by atoms with van der Waals surface area (Å²) < 4.78 is 0. The average Bonchev–Trinajstić information content (AvgIpc) is 2.29. The first-order valence-corrected chi connectivity index (χ1v) is 6.48. The van der Waals surface area contributed by atoms with Gasteiger partial charge in [0.2, 0.25) is 11.8 Å². The summed E-state index contributed by atoms with van der Waals surface area (Å²) in [5.74, 6) is 0.358. The van der Waals surface area contributed by atoms with Gasteiger partial charge in [-0.1, -0.05) is 6.92 Å². The Bertz CT molecular complexity index is 296. The van der Waals surface area contributed by atoms with Gasteiger partial charge >= 0.3 is 0 Å². The molecule has 6 nitrogen and oxygen atoms in total. The van der Waals surface area contributed by atoms with Crippen molar-refractivity contribution < 1.29 is 9.59 Å². The van der Waals surface area contributed by atoms with Crippen LogP contribution in [0.3, 0.4) is 0 Å². The Hall–Kier alpha value is -1.14. The fourth-order valence-corrected chi connectivity index (χ4v) is 2.09. The minimum Gasteiger partial charge on any atom is -0.355 e. The van der Waals surface area contributed by atoms with Gasteiger partial charge in [-0.3, -0.25) is 14.5 Å². The van der Waals surface area contributed by atoms with Crippen molar-refractivity contribution in [2.75, 3.05) is 32.7 Å². The highest BCUT2D eigenvalue weighted by Crippen LogP contribution is 2.13.